The third-order valence-corrected chi connectivity index (χ3v) is 3.03. The number of nitrogens with two attached hydrogens (primary N) is 2. The van der Waals surface area contributed by atoms with Crippen molar-refractivity contribution >= 4 is 0 Å². The molecule has 0 bridgehead atoms. The van der Waals surface area contributed by atoms with Gasteiger partial charge in [0.05, 0.1) is 0 Å². The van der Waals surface area contributed by atoms with Crippen molar-refractivity contribution in [3.05, 3.63) is 23.9 Å². The van der Waals surface area contributed by atoms with Gasteiger partial charge in [0.1, 0.15) is 6.10 Å². The Kier molecular flexibility index (Phi) is 3.74. The molecule has 1 aliphatic rings. The van der Waals surface area contributed by atoms with Crippen molar-refractivity contribution < 1.29 is 4.74 Å². The molecular weight excluding hydrogens is 202 g/mol. The highest BCUT2D eigenvalue weighted by atomic mass is 16.5. The Hall–Kier alpha value is -1.13. The molecule has 0 spiro atoms. The zero-order chi connectivity index (χ0) is 11.4. The average Bonchev–Trinajstić information content (AvgIpc) is 2.82. The fourth-order valence-electron chi connectivity index (χ4n) is 1.99. The van der Waals surface area contributed by atoms with Crippen molar-refractivity contribution in [2.75, 3.05) is 6.54 Å². The topological polar surface area (TPSA) is 74.2 Å². The lowest BCUT2D eigenvalue weighted by Gasteiger charge is -2.13. The van der Waals surface area contributed by atoms with Crippen LogP contribution in [0.15, 0.2) is 18.3 Å². The molecule has 0 aliphatic heterocycles. The summed E-state index contributed by atoms with van der Waals surface area (Å²) in [6, 6.07) is 3.69. The van der Waals surface area contributed by atoms with E-state index in [1.807, 2.05) is 12.1 Å². The Morgan fingerprint density at radius 3 is 2.69 bits per heavy atom. The summed E-state index contributed by atoms with van der Waals surface area (Å²) in [5.74, 6) is 0.694. The normalized spacial score (nSPS) is 18.6. The molecule has 1 unspecified atom stereocenters. The first-order valence-electron chi connectivity index (χ1n) is 5.88. The van der Waals surface area contributed by atoms with E-state index in [1.54, 1.807) is 6.20 Å². The first-order chi connectivity index (χ1) is 7.79. The van der Waals surface area contributed by atoms with Crippen LogP contribution in [0.1, 0.15) is 37.3 Å². The molecule has 0 saturated heterocycles. The van der Waals surface area contributed by atoms with E-state index in [-0.39, 0.29) is 6.04 Å². The zero-order valence-corrected chi connectivity index (χ0v) is 9.43. The number of rotatable bonds is 4. The molecule has 1 aliphatic carbocycles. The summed E-state index contributed by atoms with van der Waals surface area (Å²) >= 11 is 0. The van der Waals surface area contributed by atoms with Gasteiger partial charge in [0.2, 0.25) is 5.88 Å². The predicted molar refractivity (Wildman–Crippen MR) is 63.1 cm³/mol. The van der Waals surface area contributed by atoms with Gasteiger partial charge >= 0.3 is 0 Å². The number of aromatic nitrogens is 1. The van der Waals surface area contributed by atoms with Crippen molar-refractivity contribution in [3.63, 3.8) is 0 Å². The van der Waals surface area contributed by atoms with Crippen molar-refractivity contribution in [1.29, 1.82) is 0 Å². The van der Waals surface area contributed by atoms with Crippen LogP contribution >= 0.6 is 0 Å². The van der Waals surface area contributed by atoms with Gasteiger partial charge in [0, 0.05) is 24.8 Å². The van der Waals surface area contributed by atoms with Crippen LogP contribution in [0.5, 0.6) is 5.88 Å². The van der Waals surface area contributed by atoms with Crippen LogP contribution in [-0.2, 0) is 0 Å². The number of hydrogen-bond acceptors (Lipinski definition) is 4. The molecule has 1 fully saturated rings. The van der Waals surface area contributed by atoms with Crippen molar-refractivity contribution in [1.82, 2.24) is 4.98 Å². The maximum atomic E-state index is 5.80. The molecule has 1 saturated carbocycles. The number of hydrogen-bond donors (Lipinski definition) is 2. The second-order valence-electron chi connectivity index (χ2n) is 4.30. The highest BCUT2D eigenvalue weighted by Crippen LogP contribution is 2.23. The molecule has 4 heteroatoms. The lowest BCUT2D eigenvalue weighted by Crippen LogP contribution is -2.21. The van der Waals surface area contributed by atoms with Gasteiger partial charge in [-0.15, -0.1) is 0 Å². The Bertz CT molecular complexity index is 320. The summed E-state index contributed by atoms with van der Waals surface area (Å²) in [7, 11) is 0. The molecule has 2 rings (SSSR count). The van der Waals surface area contributed by atoms with Crippen LogP contribution in [0.4, 0.5) is 0 Å². The summed E-state index contributed by atoms with van der Waals surface area (Å²) in [4.78, 5) is 4.25. The average molecular weight is 221 g/mol. The third kappa shape index (κ3) is 2.71. The molecule has 1 aromatic rings. The minimum Gasteiger partial charge on any atom is -0.474 e. The second-order valence-corrected chi connectivity index (χ2v) is 4.30. The fraction of sp³-hybridized carbons (Fsp3) is 0.583. The predicted octanol–water partition coefficient (Wildman–Crippen LogP) is 1.36. The quantitative estimate of drug-likeness (QED) is 0.805. The maximum Gasteiger partial charge on any atom is 0.213 e. The second kappa shape index (κ2) is 5.27. The van der Waals surface area contributed by atoms with Gasteiger partial charge < -0.3 is 16.2 Å². The Labute approximate surface area is 96.0 Å². The highest BCUT2D eigenvalue weighted by molar-refractivity contribution is 5.21. The van der Waals surface area contributed by atoms with Crippen molar-refractivity contribution in [2.45, 2.75) is 37.8 Å². The Morgan fingerprint density at radius 2 is 2.12 bits per heavy atom. The minimum atomic E-state index is -0.131. The fourth-order valence-corrected chi connectivity index (χ4v) is 1.99. The van der Waals surface area contributed by atoms with Gasteiger partial charge in [-0.05, 0) is 31.2 Å². The van der Waals surface area contributed by atoms with Crippen LogP contribution in [-0.4, -0.2) is 17.6 Å². The molecule has 1 atom stereocenters. The molecule has 0 radical (unpaired) electrons. The number of nitrogens with zero attached hydrogens (tertiary/aromatic N) is 1. The largest absolute Gasteiger partial charge is 0.474 e. The van der Waals surface area contributed by atoms with Crippen LogP contribution in [0, 0.1) is 0 Å². The molecular formula is C12H19N3O. The van der Waals surface area contributed by atoms with Crippen molar-refractivity contribution in [2.24, 2.45) is 11.5 Å². The molecule has 1 heterocycles. The first-order valence-corrected chi connectivity index (χ1v) is 5.88. The Morgan fingerprint density at radius 1 is 1.38 bits per heavy atom. The molecule has 4 N–H and O–H groups in total. The van der Waals surface area contributed by atoms with E-state index in [0.29, 0.717) is 18.5 Å². The highest BCUT2D eigenvalue weighted by Gasteiger charge is 2.16. The van der Waals surface area contributed by atoms with E-state index >= 15 is 0 Å². The van der Waals surface area contributed by atoms with Gasteiger partial charge in [-0.1, -0.05) is 6.07 Å². The third-order valence-electron chi connectivity index (χ3n) is 3.03. The van der Waals surface area contributed by atoms with Crippen LogP contribution in [0.2, 0.25) is 0 Å². The van der Waals surface area contributed by atoms with Crippen LogP contribution in [0.25, 0.3) is 0 Å². The minimum absolute atomic E-state index is 0.131. The zero-order valence-electron chi connectivity index (χ0n) is 9.43. The maximum absolute atomic E-state index is 5.80. The lowest BCUT2D eigenvalue weighted by atomic mass is 10.1. The van der Waals surface area contributed by atoms with Gasteiger partial charge in [-0.3, -0.25) is 0 Å². The lowest BCUT2D eigenvalue weighted by molar-refractivity contribution is 0.201. The summed E-state index contributed by atoms with van der Waals surface area (Å²) in [5, 5.41) is 0. The summed E-state index contributed by atoms with van der Waals surface area (Å²) in [5.41, 5.74) is 12.3. The van der Waals surface area contributed by atoms with E-state index in [1.165, 1.54) is 12.8 Å². The SMILES string of the molecule is NCC(N)c1ccc(OC2CCCC2)nc1. The molecule has 16 heavy (non-hydrogen) atoms. The summed E-state index contributed by atoms with van der Waals surface area (Å²) < 4.78 is 5.76. The summed E-state index contributed by atoms with van der Waals surface area (Å²) in [6.07, 6.45) is 6.92. The van der Waals surface area contributed by atoms with Gasteiger partial charge in [0.15, 0.2) is 0 Å². The Balaban J connectivity index is 1.96. The first kappa shape index (κ1) is 11.4. The molecule has 0 aromatic carbocycles. The smallest absolute Gasteiger partial charge is 0.213 e. The molecule has 1 aromatic heterocycles. The van der Waals surface area contributed by atoms with E-state index in [9.17, 15) is 0 Å². The standard InChI is InChI=1S/C12H19N3O/c13-7-11(14)9-5-6-12(15-8-9)16-10-3-1-2-4-10/h5-6,8,10-11H,1-4,7,13-14H2. The van der Waals surface area contributed by atoms with Gasteiger partial charge in [0.25, 0.3) is 0 Å². The molecule has 4 nitrogen and oxygen atoms in total. The van der Waals surface area contributed by atoms with E-state index < -0.39 is 0 Å². The van der Waals surface area contributed by atoms with Crippen LogP contribution in [0.3, 0.4) is 0 Å². The van der Waals surface area contributed by atoms with Crippen molar-refractivity contribution in [3.8, 4) is 5.88 Å². The summed E-state index contributed by atoms with van der Waals surface area (Å²) in [6.45, 7) is 0.435. The number of pyridine rings is 1. The number of ether oxygens (including phenoxy) is 1. The van der Waals surface area contributed by atoms with E-state index in [2.05, 4.69) is 4.98 Å². The van der Waals surface area contributed by atoms with Gasteiger partial charge in [-0.2, -0.15) is 0 Å². The van der Waals surface area contributed by atoms with E-state index in [4.69, 9.17) is 16.2 Å². The van der Waals surface area contributed by atoms with E-state index in [0.717, 1.165) is 18.4 Å². The molecule has 0 amide bonds. The monoisotopic (exact) mass is 221 g/mol. The van der Waals surface area contributed by atoms with Crippen LogP contribution < -0.4 is 16.2 Å². The molecule has 88 valence electrons. The van der Waals surface area contributed by atoms with Gasteiger partial charge in [-0.25, -0.2) is 4.98 Å².